The fourth-order valence-corrected chi connectivity index (χ4v) is 4.17. The van der Waals surface area contributed by atoms with E-state index in [2.05, 4.69) is 27.0 Å². The maximum atomic E-state index is 12.5. The van der Waals surface area contributed by atoms with Gasteiger partial charge in [0.25, 0.3) is 0 Å². The number of hydrogen-bond acceptors (Lipinski definition) is 5. The topological polar surface area (TPSA) is 63.7 Å². The van der Waals surface area contributed by atoms with Crippen LogP contribution in [0.15, 0.2) is 45.6 Å². The van der Waals surface area contributed by atoms with Gasteiger partial charge in [0.1, 0.15) is 6.54 Å². The molecule has 1 amide bonds. The van der Waals surface area contributed by atoms with Crippen LogP contribution >= 0.6 is 22.9 Å². The van der Waals surface area contributed by atoms with Crippen molar-refractivity contribution < 1.29 is 14.2 Å². The van der Waals surface area contributed by atoms with Crippen LogP contribution in [0.25, 0.3) is 11.4 Å². The molecule has 4 rings (SSSR count). The highest BCUT2D eigenvalue weighted by Gasteiger charge is 2.24. The third-order valence-corrected chi connectivity index (χ3v) is 5.96. The Labute approximate surface area is 172 Å². The van der Waals surface area contributed by atoms with Gasteiger partial charge in [0.15, 0.2) is 0 Å². The van der Waals surface area contributed by atoms with Crippen molar-refractivity contribution in [1.82, 2.24) is 15.0 Å². The number of carbonyl (C=O) groups excluding carboxylic acids is 1. The predicted octanol–water partition coefficient (Wildman–Crippen LogP) is 2.31. The van der Waals surface area contributed by atoms with E-state index in [9.17, 15) is 4.79 Å². The molecule has 0 atom stereocenters. The van der Waals surface area contributed by atoms with Crippen LogP contribution in [-0.2, 0) is 17.8 Å². The van der Waals surface area contributed by atoms with E-state index in [0.717, 1.165) is 38.3 Å². The third-order valence-electron chi connectivity index (χ3n) is 4.98. The standard InChI is InChI=1S/C20H21ClN4O2S/c21-17-3-1-16(2-4-17)20-22-18(27-23-20)5-6-19(26)25-10-8-24(9-11-25)13-15-7-12-28-14-15/h1-4,7,12,14H,5-6,8-11,13H2/p+1. The molecule has 146 valence electrons. The molecule has 0 spiro atoms. The summed E-state index contributed by atoms with van der Waals surface area (Å²) >= 11 is 7.63. The summed E-state index contributed by atoms with van der Waals surface area (Å²) in [6.07, 6.45) is 0.851. The van der Waals surface area contributed by atoms with Crippen LogP contribution in [0.1, 0.15) is 17.9 Å². The van der Waals surface area contributed by atoms with E-state index >= 15 is 0 Å². The Bertz CT molecular complexity index is 903. The van der Waals surface area contributed by atoms with Crippen molar-refractivity contribution in [2.45, 2.75) is 19.4 Å². The Hall–Kier alpha value is -2.22. The molecule has 0 bridgehead atoms. The van der Waals surface area contributed by atoms with Crippen LogP contribution < -0.4 is 4.90 Å². The van der Waals surface area contributed by atoms with E-state index < -0.39 is 0 Å². The summed E-state index contributed by atoms with van der Waals surface area (Å²) in [6.45, 7) is 4.63. The van der Waals surface area contributed by atoms with E-state index in [4.69, 9.17) is 16.1 Å². The van der Waals surface area contributed by atoms with Gasteiger partial charge < -0.3 is 14.3 Å². The van der Waals surface area contributed by atoms with Gasteiger partial charge in [-0.3, -0.25) is 4.79 Å². The largest absolute Gasteiger partial charge is 0.339 e. The smallest absolute Gasteiger partial charge is 0.227 e. The molecule has 1 saturated heterocycles. The number of rotatable bonds is 6. The molecule has 2 aromatic heterocycles. The normalized spacial score (nSPS) is 15.1. The van der Waals surface area contributed by atoms with Gasteiger partial charge in [-0.05, 0) is 41.1 Å². The number of amides is 1. The molecule has 0 aliphatic carbocycles. The zero-order valence-corrected chi connectivity index (χ0v) is 17.0. The molecular formula is C20H22ClN4O2S+. The minimum absolute atomic E-state index is 0.154. The Morgan fingerprint density at radius 3 is 2.71 bits per heavy atom. The predicted molar refractivity (Wildman–Crippen MR) is 108 cm³/mol. The number of carbonyl (C=O) groups is 1. The number of aryl methyl sites for hydroxylation is 1. The van der Waals surface area contributed by atoms with Gasteiger partial charge in [0, 0.05) is 29.0 Å². The first kappa shape index (κ1) is 19.1. The minimum Gasteiger partial charge on any atom is -0.339 e. The summed E-state index contributed by atoms with van der Waals surface area (Å²) in [7, 11) is 0. The molecule has 1 aromatic carbocycles. The van der Waals surface area contributed by atoms with Crippen LogP contribution in [-0.4, -0.2) is 47.1 Å². The fourth-order valence-electron chi connectivity index (χ4n) is 3.38. The summed E-state index contributed by atoms with van der Waals surface area (Å²) in [4.78, 5) is 20.4. The quantitative estimate of drug-likeness (QED) is 0.668. The molecule has 1 N–H and O–H groups in total. The summed E-state index contributed by atoms with van der Waals surface area (Å²) in [6, 6.07) is 9.45. The van der Waals surface area contributed by atoms with Crippen molar-refractivity contribution >= 4 is 28.8 Å². The average molecular weight is 418 g/mol. The number of nitrogens with one attached hydrogen (secondary N) is 1. The van der Waals surface area contributed by atoms with Gasteiger partial charge in [-0.1, -0.05) is 16.8 Å². The summed E-state index contributed by atoms with van der Waals surface area (Å²) in [5, 5.41) is 8.97. The van der Waals surface area contributed by atoms with Crippen molar-refractivity contribution in [3.8, 4) is 11.4 Å². The summed E-state index contributed by atoms with van der Waals surface area (Å²) in [5.41, 5.74) is 2.23. The highest BCUT2D eigenvalue weighted by Crippen LogP contribution is 2.19. The second-order valence-electron chi connectivity index (χ2n) is 6.96. The van der Waals surface area contributed by atoms with Crippen molar-refractivity contribution in [2.24, 2.45) is 0 Å². The highest BCUT2D eigenvalue weighted by molar-refractivity contribution is 7.07. The van der Waals surface area contributed by atoms with Gasteiger partial charge in [-0.15, -0.1) is 0 Å². The highest BCUT2D eigenvalue weighted by atomic mass is 35.5. The number of hydrogen-bond donors (Lipinski definition) is 1. The monoisotopic (exact) mass is 417 g/mol. The number of aromatic nitrogens is 2. The van der Waals surface area contributed by atoms with Crippen molar-refractivity contribution in [2.75, 3.05) is 26.2 Å². The van der Waals surface area contributed by atoms with Gasteiger partial charge >= 0.3 is 0 Å². The first-order valence-corrected chi connectivity index (χ1v) is 10.7. The minimum atomic E-state index is 0.154. The lowest BCUT2D eigenvalue weighted by Crippen LogP contribution is -3.13. The number of thiophene rings is 1. The number of nitrogens with zero attached hydrogens (tertiary/aromatic N) is 3. The van der Waals surface area contributed by atoms with Crippen molar-refractivity contribution in [1.29, 1.82) is 0 Å². The number of halogens is 1. The molecule has 1 aliphatic rings. The molecule has 0 radical (unpaired) electrons. The number of benzene rings is 1. The Balaban J connectivity index is 1.24. The molecule has 28 heavy (non-hydrogen) atoms. The van der Waals surface area contributed by atoms with Gasteiger partial charge in [-0.2, -0.15) is 16.3 Å². The summed E-state index contributed by atoms with van der Waals surface area (Å²) < 4.78 is 5.29. The first-order chi connectivity index (χ1) is 13.7. The van der Waals surface area contributed by atoms with E-state index in [1.54, 1.807) is 23.5 Å². The van der Waals surface area contributed by atoms with Crippen LogP contribution in [0.2, 0.25) is 5.02 Å². The molecule has 0 saturated carbocycles. The second kappa shape index (κ2) is 8.86. The first-order valence-electron chi connectivity index (χ1n) is 9.38. The maximum absolute atomic E-state index is 12.5. The third kappa shape index (κ3) is 4.79. The van der Waals surface area contributed by atoms with Crippen LogP contribution in [0.4, 0.5) is 0 Å². The molecule has 0 unspecified atom stereocenters. The van der Waals surface area contributed by atoms with Crippen LogP contribution in [0.5, 0.6) is 0 Å². The zero-order chi connectivity index (χ0) is 19.3. The lowest BCUT2D eigenvalue weighted by atomic mass is 10.2. The Morgan fingerprint density at radius 1 is 1.21 bits per heavy atom. The molecule has 1 fully saturated rings. The zero-order valence-electron chi connectivity index (χ0n) is 15.4. The van der Waals surface area contributed by atoms with Crippen LogP contribution in [0, 0.1) is 0 Å². The maximum Gasteiger partial charge on any atom is 0.227 e. The summed E-state index contributed by atoms with van der Waals surface area (Å²) in [5.74, 6) is 1.16. The second-order valence-corrected chi connectivity index (χ2v) is 8.17. The van der Waals surface area contributed by atoms with Crippen molar-refractivity contribution in [3.05, 3.63) is 57.6 Å². The lowest BCUT2D eigenvalue weighted by Gasteiger charge is -2.32. The van der Waals surface area contributed by atoms with Gasteiger partial charge in [0.2, 0.25) is 17.6 Å². The van der Waals surface area contributed by atoms with E-state index in [-0.39, 0.29) is 5.91 Å². The lowest BCUT2D eigenvalue weighted by molar-refractivity contribution is -0.917. The van der Waals surface area contributed by atoms with E-state index in [1.807, 2.05) is 17.0 Å². The van der Waals surface area contributed by atoms with E-state index in [0.29, 0.717) is 29.6 Å². The molecule has 3 aromatic rings. The fraction of sp³-hybridized carbons (Fsp3) is 0.350. The van der Waals surface area contributed by atoms with E-state index in [1.165, 1.54) is 10.5 Å². The molecule has 8 heteroatoms. The molecular weight excluding hydrogens is 396 g/mol. The van der Waals surface area contributed by atoms with Gasteiger partial charge in [0.05, 0.1) is 26.2 Å². The number of quaternary nitrogens is 1. The SMILES string of the molecule is O=C(CCc1nc(-c2ccc(Cl)cc2)no1)N1CC[NH+](Cc2ccsc2)CC1. The van der Waals surface area contributed by atoms with Crippen molar-refractivity contribution in [3.63, 3.8) is 0 Å². The van der Waals surface area contributed by atoms with Gasteiger partial charge in [-0.25, -0.2) is 0 Å². The number of piperazine rings is 1. The average Bonchev–Trinajstić information content (AvgIpc) is 3.39. The molecule has 3 heterocycles. The Morgan fingerprint density at radius 2 is 2.00 bits per heavy atom. The molecule has 1 aliphatic heterocycles. The van der Waals surface area contributed by atoms with Crippen LogP contribution in [0.3, 0.4) is 0 Å². The molecule has 6 nitrogen and oxygen atoms in total. The Kier molecular flexibility index (Phi) is 6.04.